The summed E-state index contributed by atoms with van der Waals surface area (Å²) in [6.07, 6.45) is 15.9. The average Bonchev–Trinajstić information content (AvgIpc) is 2.83. The third-order valence-corrected chi connectivity index (χ3v) is 7.32. The van der Waals surface area contributed by atoms with Crippen molar-refractivity contribution in [3.05, 3.63) is 35.4 Å². The van der Waals surface area contributed by atoms with E-state index in [-0.39, 0.29) is 75.5 Å². The van der Waals surface area contributed by atoms with Crippen LogP contribution in [0.4, 0.5) is 0 Å². The summed E-state index contributed by atoms with van der Waals surface area (Å²) in [7, 11) is -4.43. The molecule has 0 N–H and O–H groups in total. The van der Waals surface area contributed by atoms with Gasteiger partial charge in [-0.3, -0.25) is 0 Å². The van der Waals surface area contributed by atoms with Gasteiger partial charge in [0.2, 0.25) is 0 Å². The van der Waals surface area contributed by atoms with E-state index in [2.05, 4.69) is 6.92 Å². The van der Waals surface area contributed by atoms with E-state index in [9.17, 15) is 22.6 Å². The van der Waals surface area contributed by atoms with Crippen molar-refractivity contribution < 1.29 is 83.4 Å². The largest absolute Gasteiger partial charge is 1.00 e. The summed E-state index contributed by atoms with van der Waals surface area (Å²) in [4.78, 5) is 24.8. The molecule has 1 aromatic carbocycles. The van der Waals surface area contributed by atoms with Crippen LogP contribution in [0.5, 0.6) is 0 Å². The number of unbranched alkanes of at least 4 members (excludes halogenated alkanes) is 12. The Morgan fingerprint density at radius 3 is 1.56 bits per heavy atom. The first-order valence-electron chi connectivity index (χ1n) is 13.1. The minimum Gasteiger partial charge on any atom is -0.748 e. The van der Waals surface area contributed by atoms with E-state index in [0.717, 1.165) is 19.3 Å². The van der Waals surface area contributed by atoms with Crippen molar-refractivity contribution >= 4 is 22.1 Å². The van der Waals surface area contributed by atoms with Crippen LogP contribution in [0.1, 0.15) is 124 Å². The zero-order chi connectivity index (χ0) is 25.9. The summed E-state index contributed by atoms with van der Waals surface area (Å²) in [5.41, 5.74) is 0.164. The fourth-order valence-corrected chi connectivity index (χ4v) is 4.13. The van der Waals surface area contributed by atoms with Gasteiger partial charge in [-0.15, -0.1) is 0 Å². The summed E-state index contributed by atoms with van der Waals surface area (Å²) < 4.78 is 43.2. The molecule has 9 heteroatoms. The molecule has 0 radical (unpaired) electrons. The van der Waals surface area contributed by atoms with Gasteiger partial charge in [-0.25, -0.2) is 18.0 Å². The zero-order valence-electron chi connectivity index (χ0n) is 22.5. The molecule has 200 valence electrons. The maximum atomic E-state index is 12.5. The molecule has 0 fully saturated rings. The molecule has 1 unspecified atom stereocenters. The van der Waals surface area contributed by atoms with Gasteiger partial charge in [0, 0.05) is 5.25 Å². The summed E-state index contributed by atoms with van der Waals surface area (Å²) >= 11 is 0. The van der Waals surface area contributed by atoms with Crippen LogP contribution in [0.25, 0.3) is 0 Å². The quantitative estimate of drug-likeness (QED) is 0.106. The number of hydrogen-bond donors (Lipinski definition) is 0. The molecule has 0 saturated heterocycles. The fraction of sp³-hybridized carbons (Fsp3) is 0.704. The minimum absolute atomic E-state index is 0. The monoisotopic (exact) mass is 550 g/mol. The summed E-state index contributed by atoms with van der Waals surface area (Å²) in [5, 5.41) is -1.16. The molecule has 0 aliphatic carbocycles. The molecule has 0 bridgehead atoms. The maximum Gasteiger partial charge on any atom is 1.00 e. The number of rotatable bonds is 20. The molecule has 36 heavy (non-hydrogen) atoms. The molecule has 0 spiro atoms. The molecule has 0 aromatic heterocycles. The van der Waals surface area contributed by atoms with Gasteiger partial charge in [0.05, 0.1) is 34.5 Å². The number of carbonyl (C=O) groups excluding carboxylic acids is 2. The molecule has 0 heterocycles. The first kappa shape index (κ1) is 35.7. The smallest absolute Gasteiger partial charge is 0.748 e. The minimum atomic E-state index is -4.43. The van der Waals surface area contributed by atoms with Gasteiger partial charge in [-0.1, -0.05) is 96.1 Å². The van der Waals surface area contributed by atoms with Crippen LogP contribution in [-0.4, -0.2) is 43.4 Å². The SMILES string of the molecule is CCCCCCCCCCCCCCCOC(=O)c1ccccc1C(=O)OCCC(C)S(=O)(=O)[O-].[K+]. The van der Waals surface area contributed by atoms with E-state index in [1.54, 1.807) is 12.1 Å². The second-order valence-electron chi connectivity index (χ2n) is 9.15. The average molecular weight is 551 g/mol. The normalized spacial score (nSPS) is 12.0. The van der Waals surface area contributed by atoms with Crippen LogP contribution in [-0.2, 0) is 19.6 Å². The van der Waals surface area contributed by atoms with Gasteiger partial charge in [0.1, 0.15) is 0 Å². The van der Waals surface area contributed by atoms with Gasteiger partial charge in [0.15, 0.2) is 0 Å². The van der Waals surface area contributed by atoms with Crippen LogP contribution in [0, 0.1) is 0 Å². The summed E-state index contributed by atoms with van der Waals surface area (Å²) in [6.45, 7) is 3.56. The number of esters is 2. The molecular formula is C27H43KO7S. The van der Waals surface area contributed by atoms with Crippen molar-refractivity contribution in [2.45, 2.75) is 109 Å². The molecular weight excluding hydrogens is 507 g/mol. The molecule has 0 saturated carbocycles. The van der Waals surface area contributed by atoms with Gasteiger partial charge in [-0.05, 0) is 31.9 Å². The van der Waals surface area contributed by atoms with E-state index in [4.69, 9.17) is 9.47 Å². The molecule has 0 aliphatic rings. The first-order valence-corrected chi connectivity index (χ1v) is 14.6. The Kier molecular flexibility index (Phi) is 21.4. The van der Waals surface area contributed by atoms with Crippen LogP contribution in [0.2, 0.25) is 0 Å². The van der Waals surface area contributed by atoms with Crippen LogP contribution in [0.15, 0.2) is 24.3 Å². The zero-order valence-corrected chi connectivity index (χ0v) is 26.4. The second-order valence-corrected chi connectivity index (χ2v) is 10.9. The molecule has 1 aromatic rings. The fourth-order valence-electron chi connectivity index (χ4n) is 3.74. The van der Waals surface area contributed by atoms with E-state index < -0.39 is 27.3 Å². The predicted molar refractivity (Wildman–Crippen MR) is 136 cm³/mol. The van der Waals surface area contributed by atoms with Crippen LogP contribution >= 0.6 is 0 Å². The molecule has 0 amide bonds. The van der Waals surface area contributed by atoms with E-state index in [0.29, 0.717) is 6.61 Å². The van der Waals surface area contributed by atoms with Crippen molar-refractivity contribution in [3.8, 4) is 0 Å². The molecule has 7 nitrogen and oxygen atoms in total. The van der Waals surface area contributed by atoms with Gasteiger partial charge < -0.3 is 14.0 Å². The standard InChI is InChI=1S/C27H44O7S.K/c1-3-4-5-6-7-8-9-10-11-12-13-14-17-21-33-26(28)24-18-15-16-19-25(24)27(29)34-22-20-23(2)35(30,31)32;/h15-16,18-19,23H,3-14,17,20-22H2,1-2H3,(H,30,31,32);/q;+1/p-1. The Hall–Kier alpha value is -0.294. The van der Waals surface area contributed by atoms with E-state index in [1.165, 1.54) is 83.3 Å². The Labute approximate surface area is 260 Å². The number of ether oxygens (including phenoxy) is 2. The van der Waals surface area contributed by atoms with Crippen LogP contribution in [0.3, 0.4) is 0 Å². The third-order valence-electron chi connectivity index (χ3n) is 6.10. The van der Waals surface area contributed by atoms with Crippen molar-refractivity contribution in [1.29, 1.82) is 0 Å². The molecule has 1 rings (SSSR count). The van der Waals surface area contributed by atoms with Crippen molar-refractivity contribution in [2.24, 2.45) is 0 Å². The van der Waals surface area contributed by atoms with Gasteiger partial charge in [-0.2, -0.15) is 0 Å². The topological polar surface area (TPSA) is 110 Å². The molecule has 1 atom stereocenters. The maximum absolute atomic E-state index is 12.5. The molecule has 0 aliphatic heterocycles. The van der Waals surface area contributed by atoms with E-state index in [1.807, 2.05) is 0 Å². The summed E-state index contributed by atoms with van der Waals surface area (Å²) in [5.74, 6) is -1.35. The number of benzene rings is 1. The third kappa shape index (κ3) is 16.5. The Balaban J connectivity index is 0.0000122. The van der Waals surface area contributed by atoms with Gasteiger partial charge in [0.25, 0.3) is 0 Å². The Morgan fingerprint density at radius 1 is 0.750 bits per heavy atom. The van der Waals surface area contributed by atoms with Crippen LogP contribution < -0.4 is 51.4 Å². The Bertz CT molecular complexity index is 842. The van der Waals surface area contributed by atoms with E-state index >= 15 is 0 Å². The predicted octanol–water partition coefficient (Wildman–Crippen LogP) is 3.42. The van der Waals surface area contributed by atoms with Crippen molar-refractivity contribution in [1.82, 2.24) is 0 Å². The second kappa shape index (κ2) is 21.6. The summed E-state index contributed by atoms with van der Waals surface area (Å²) in [6, 6.07) is 6.18. The number of hydrogen-bond acceptors (Lipinski definition) is 7. The number of carbonyl (C=O) groups is 2. The van der Waals surface area contributed by atoms with Crippen molar-refractivity contribution in [3.63, 3.8) is 0 Å². The van der Waals surface area contributed by atoms with Crippen molar-refractivity contribution in [2.75, 3.05) is 13.2 Å². The first-order chi connectivity index (χ1) is 16.8. The van der Waals surface area contributed by atoms with Gasteiger partial charge >= 0.3 is 63.3 Å². The Morgan fingerprint density at radius 2 is 1.14 bits per heavy atom.